The Balaban J connectivity index is 1.43. The van der Waals surface area contributed by atoms with Gasteiger partial charge in [-0.25, -0.2) is 9.10 Å². The third kappa shape index (κ3) is 7.72. The highest BCUT2D eigenvalue weighted by molar-refractivity contribution is 7.97. The number of ether oxygens (including phenoxy) is 3. The summed E-state index contributed by atoms with van der Waals surface area (Å²) in [5.74, 6) is 1.12. The minimum absolute atomic E-state index is 0.0937. The lowest BCUT2D eigenvalue weighted by molar-refractivity contribution is -0.0963. The van der Waals surface area contributed by atoms with E-state index in [1.165, 1.54) is 10.5 Å². The van der Waals surface area contributed by atoms with Crippen molar-refractivity contribution in [2.75, 3.05) is 32.8 Å². The number of carbonyl (C=O) groups is 1. The monoisotopic (exact) mass is 477 g/mol. The molecule has 1 fully saturated rings. The fourth-order valence-electron chi connectivity index (χ4n) is 3.83. The molecule has 33 heavy (non-hydrogen) atoms. The smallest absolute Gasteiger partial charge is 0.412 e. The normalized spacial score (nSPS) is 19.4. The van der Waals surface area contributed by atoms with Gasteiger partial charge in [0, 0.05) is 42.2 Å². The lowest BCUT2D eigenvalue weighted by Gasteiger charge is -2.23. The van der Waals surface area contributed by atoms with Crippen LogP contribution in [0.1, 0.15) is 58.9 Å². The van der Waals surface area contributed by atoms with E-state index in [9.17, 15) is 4.79 Å². The van der Waals surface area contributed by atoms with Crippen molar-refractivity contribution in [3.8, 4) is 0 Å². The van der Waals surface area contributed by atoms with Crippen molar-refractivity contribution in [2.24, 2.45) is 11.7 Å². The Morgan fingerprint density at radius 2 is 2.03 bits per heavy atom. The van der Waals surface area contributed by atoms with Crippen LogP contribution in [0.5, 0.6) is 0 Å². The van der Waals surface area contributed by atoms with Gasteiger partial charge in [0.2, 0.25) is 0 Å². The van der Waals surface area contributed by atoms with Gasteiger partial charge >= 0.3 is 6.09 Å². The van der Waals surface area contributed by atoms with E-state index in [2.05, 4.69) is 47.7 Å². The summed E-state index contributed by atoms with van der Waals surface area (Å²) in [6.45, 7) is 11.6. The lowest BCUT2D eigenvalue weighted by Crippen LogP contribution is -2.29. The van der Waals surface area contributed by atoms with E-state index in [4.69, 9.17) is 19.9 Å². The minimum atomic E-state index is -0.439. The van der Waals surface area contributed by atoms with Crippen molar-refractivity contribution >= 4 is 18.0 Å². The number of alkyl carbamates (subject to hydrolysis) is 1. The average Bonchev–Trinajstić information content (AvgIpc) is 3.42. The van der Waals surface area contributed by atoms with Crippen LogP contribution < -0.4 is 11.1 Å². The molecule has 1 heterocycles. The molecule has 1 amide bonds. The van der Waals surface area contributed by atoms with Crippen molar-refractivity contribution in [3.63, 3.8) is 0 Å². The van der Waals surface area contributed by atoms with Gasteiger partial charge < -0.3 is 25.3 Å². The number of hydrogen-bond donors (Lipinski definition) is 2. The third-order valence-corrected chi connectivity index (χ3v) is 6.87. The van der Waals surface area contributed by atoms with Crippen LogP contribution >= 0.6 is 11.9 Å². The van der Waals surface area contributed by atoms with Gasteiger partial charge in [0.05, 0.1) is 0 Å². The average molecular weight is 478 g/mol. The molecule has 8 heteroatoms. The fourth-order valence-corrected chi connectivity index (χ4v) is 4.98. The van der Waals surface area contributed by atoms with Crippen LogP contribution in [0.25, 0.3) is 0 Å². The van der Waals surface area contributed by atoms with Crippen LogP contribution in [0, 0.1) is 5.92 Å². The molecule has 1 saturated carbocycles. The second-order valence-electron chi connectivity index (χ2n) is 9.12. The molecule has 1 aliphatic heterocycles. The molecule has 3 N–H and O–H groups in total. The molecule has 0 saturated heterocycles. The van der Waals surface area contributed by atoms with Crippen LogP contribution in [0.15, 0.2) is 40.5 Å². The molecular weight excluding hydrogens is 438 g/mol. The van der Waals surface area contributed by atoms with Gasteiger partial charge in [-0.2, -0.15) is 0 Å². The SMILES string of the molecule is CCOC1OCC(OC(=O)NCCCN(CC(C)C)Sc2ccc(C3(N)CC3)cc2)=C1CC. The predicted molar refractivity (Wildman–Crippen MR) is 132 cm³/mol. The van der Waals surface area contributed by atoms with E-state index in [0.717, 1.165) is 44.3 Å². The zero-order valence-corrected chi connectivity index (χ0v) is 21.2. The highest BCUT2D eigenvalue weighted by Gasteiger charge is 2.39. The van der Waals surface area contributed by atoms with Crippen LogP contribution in [0.3, 0.4) is 0 Å². The minimum Gasteiger partial charge on any atom is -0.412 e. The molecule has 1 aromatic rings. The molecule has 3 rings (SSSR count). The molecule has 1 atom stereocenters. The van der Waals surface area contributed by atoms with Crippen molar-refractivity contribution in [2.45, 2.75) is 70.1 Å². The first kappa shape index (κ1) is 26.0. The highest BCUT2D eigenvalue weighted by atomic mass is 32.2. The van der Waals surface area contributed by atoms with Gasteiger partial charge in [0.15, 0.2) is 6.29 Å². The van der Waals surface area contributed by atoms with E-state index in [0.29, 0.717) is 24.8 Å². The maximum absolute atomic E-state index is 12.3. The van der Waals surface area contributed by atoms with Crippen molar-refractivity contribution < 1.29 is 19.0 Å². The number of nitrogens with two attached hydrogens (primary N) is 1. The topological polar surface area (TPSA) is 86.1 Å². The van der Waals surface area contributed by atoms with Gasteiger partial charge in [0.1, 0.15) is 12.4 Å². The second-order valence-corrected chi connectivity index (χ2v) is 10.3. The van der Waals surface area contributed by atoms with Crippen molar-refractivity contribution in [1.82, 2.24) is 9.62 Å². The molecule has 7 nitrogen and oxygen atoms in total. The first-order chi connectivity index (χ1) is 15.8. The summed E-state index contributed by atoms with van der Waals surface area (Å²) in [5.41, 5.74) is 8.34. The Labute approximate surface area is 202 Å². The number of nitrogens with one attached hydrogen (secondary N) is 1. The molecule has 1 unspecified atom stereocenters. The van der Waals surface area contributed by atoms with Crippen molar-refractivity contribution in [3.05, 3.63) is 41.2 Å². The van der Waals surface area contributed by atoms with E-state index in [-0.39, 0.29) is 12.1 Å². The molecule has 1 aliphatic carbocycles. The first-order valence-electron chi connectivity index (χ1n) is 12.1. The summed E-state index contributed by atoms with van der Waals surface area (Å²) in [5, 5.41) is 2.86. The quantitative estimate of drug-likeness (QED) is 0.312. The number of hydrogen-bond acceptors (Lipinski definition) is 7. The molecule has 1 aromatic carbocycles. The van der Waals surface area contributed by atoms with Crippen LogP contribution in [0.4, 0.5) is 4.79 Å². The van der Waals surface area contributed by atoms with Gasteiger partial charge in [-0.15, -0.1) is 0 Å². The Morgan fingerprint density at radius 1 is 1.30 bits per heavy atom. The van der Waals surface area contributed by atoms with E-state index >= 15 is 0 Å². The summed E-state index contributed by atoms with van der Waals surface area (Å²) < 4.78 is 19.0. The Morgan fingerprint density at radius 3 is 2.64 bits per heavy atom. The van der Waals surface area contributed by atoms with Gasteiger partial charge in [-0.05, 0) is 68.2 Å². The summed E-state index contributed by atoms with van der Waals surface area (Å²) in [6.07, 6.45) is 2.86. The summed E-state index contributed by atoms with van der Waals surface area (Å²) in [6, 6.07) is 8.63. The maximum Gasteiger partial charge on any atom is 0.412 e. The van der Waals surface area contributed by atoms with Crippen LogP contribution in [-0.2, 0) is 19.7 Å². The number of nitrogens with zero attached hydrogens (tertiary/aromatic N) is 1. The fraction of sp³-hybridized carbons (Fsp3) is 0.640. The molecule has 0 radical (unpaired) electrons. The van der Waals surface area contributed by atoms with Crippen molar-refractivity contribution in [1.29, 1.82) is 0 Å². The molecule has 0 aromatic heterocycles. The van der Waals surface area contributed by atoms with E-state index < -0.39 is 12.4 Å². The number of amides is 1. The predicted octanol–water partition coefficient (Wildman–Crippen LogP) is 4.77. The summed E-state index contributed by atoms with van der Waals surface area (Å²) in [7, 11) is 0. The van der Waals surface area contributed by atoms with Crippen LogP contribution in [-0.4, -0.2) is 49.5 Å². The number of rotatable bonds is 13. The number of carbonyl (C=O) groups excluding carboxylic acids is 1. The molecule has 2 aliphatic rings. The first-order valence-corrected chi connectivity index (χ1v) is 12.8. The standard InChI is InChI=1S/C25H39N3O4S/c1-5-21-22(17-31-23(21)30-6-2)32-24(29)27-14-7-15-28(16-18(3)4)33-20-10-8-19(9-11-20)25(26)12-13-25/h8-11,18,23H,5-7,12-17,26H2,1-4H3,(H,27,29). The lowest BCUT2D eigenvalue weighted by atomic mass is 10.1. The maximum atomic E-state index is 12.3. The third-order valence-electron chi connectivity index (χ3n) is 5.80. The zero-order valence-electron chi connectivity index (χ0n) is 20.4. The molecule has 184 valence electrons. The Kier molecular flexibility index (Phi) is 9.64. The summed E-state index contributed by atoms with van der Waals surface area (Å²) in [4.78, 5) is 13.5. The Bertz CT molecular complexity index is 808. The molecular formula is C25H39N3O4S. The van der Waals surface area contributed by atoms with Gasteiger partial charge in [-0.1, -0.05) is 32.9 Å². The Hall–Kier alpha value is -1.58. The highest BCUT2D eigenvalue weighted by Crippen LogP contribution is 2.43. The van der Waals surface area contributed by atoms with Gasteiger partial charge in [0.25, 0.3) is 0 Å². The number of benzene rings is 1. The van der Waals surface area contributed by atoms with E-state index in [1.54, 1.807) is 11.9 Å². The van der Waals surface area contributed by atoms with Crippen LogP contribution in [0.2, 0.25) is 0 Å². The summed E-state index contributed by atoms with van der Waals surface area (Å²) >= 11 is 1.76. The second kappa shape index (κ2) is 12.2. The largest absolute Gasteiger partial charge is 0.412 e. The van der Waals surface area contributed by atoms with E-state index in [1.807, 2.05) is 13.8 Å². The van der Waals surface area contributed by atoms with Gasteiger partial charge in [-0.3, -0.25) is 0 Å². The molecule has 0 bridgehead atoms. The zero-order chi connectivity index (χ0) is 23.8. The molecule has 0 spiro atoms.